The van der Waals surface area contributed by atoms with Crippen LogP contribution in [0.4, 0.5) is 0 Å². The molecule has 514 valence electrons. The topological polar surface area (TPSA) is 288 Å². The highest BCUT2D eigenvalue weighted by molar-refractivity contribution is 6.30. The minimum Gasteiger partial charge on any atom is -0.342 e. The number of halogens is 2. The second-order valence-corrected chi connectivity index (χ2v) is 26.7. The minimum atomic E-state index is -1.46. The Hall–Kier alpha value is -8.12. The molecule has 24 nitrogen and oxygen atoms in total. The first-order valence-electron chi connectivity index (χ1n) is 32.1. The lowest BCUT2D eigenvalue weighted by Gasteiger charge is -2.34. The fraction of sp³-hybridized carbons (Fsp3) is 0.559. The van der Waals surface area contributed by atoms with E-state index in [2.05, 4.69) is 26.6 Å². The van der Waals surface area contributed by atoms with Gasteiger partial charge in [0.1, 0.15) is 48.3 Å². The zero-order valence-corrected chi connectivity index (χ0v) is 58.1. The van der Waals surface area contributed by atoms with E-state index in [4.69, 9.17) is 23.2 Å². The molecule has 3 aromatic rings. The highest BCUT2D eigenvalue weighted by Gasteiger charge is 2.40. The lowest BCUT2D eigenvalue weighted by atomic mass is 9.97. The SMILES string of the molecule is CC[C@H](C)[C@@H]1NC(=O)[C@H](C)N(C)C(=O)C[C@@H](C(=O)N2CCCC2)NC(=O)[C@H](CC(C)C)NC(=O)[C@H](Cc2ccccc2)N(C)C(=O)[C@H](CC(C)C)NC(=O)[C@H](Cc2cccc(Cl)c2)NC(=O)CN(C)C(=O)[C@H](Cc2ccc(Cl)cc2)N(C)C(=O)CN(C)C(=O)CN(C)C1=O. The number of carbonyl (C=O) groups excluding carboxylic acids is 12. The van der Waals surface area contributed by atoms with Crippen LogP contribution < -0.4 is 26.6 Å². The molecular formula is C68H96Cl2N12O12. The third-order valence-corrected chi connectivity index (χ3v) is 17.9. The Balaban J connectivity index is 1.61. The van der Waals surface area contributed by atoms with Gasteiger partial charge in [0.25, 0.3) is 0 Å². The van der Waals surface area contributed by atoms with Gasteiger partial charge in [0.05, 0.1) is 26.1 Å². The molecule has 5 rings (SSSR count). The molecule has 26 heteroatoms. The summed E-state index contributed by atoms with van der Waals surface area (Å²) in [6, 6.07) is 11.6. The molecule has 2 heterocycles. The fourth-order valence-corrected chi connectivity index (χ4v) is 11.6. The highest BCUT2D eigenvalue weighted by Crippen LogP contribution is 2.21. The third kappa shape index (κ3) is 22.3. The van der Waals surface area contributed by atoms with E-state index in [1.54, 1.807) is 85.8 Å². The molecule has 2 aliphatic rings. The zero-order valence-electron chi connectivity index (χ0n) is 56.5. The van der Waals surface area contributed by atoms with E-state index in [9.17, 15) is 47.9 Å². The molecule has 0 spiro atoms. The van der Waals surface area contributed by atoms with Crippen LogP contribution in [0, 0.1) is 17.8 Å². The average molecular weight is 1340 g/mol. The van der Waals surface area contributed by atoms with E-state index < -0.39 is 151 Å². The second-order valence-electron chi connectivity index (χ2n) is 25.8. The molecule has 12 amide bonds. The van der Waals surface area contributed by atoms with Crippen molar-refractivity contribution in [3.8, 4) is 0 Å². The standard InChI is InChI=1S/C68H96Cl2N12O12/c1-14-43(6)60-68(94)78(10)39-58(85)76(8)40-59(86)80(12)55(36-46-25-27-48(69)28-26-46)67(93)77(9)38-56(83)71-51(34-47-23-20-24-49(70)33-47)63(89)73-52(32-42(4)5)65(91)81(13)54(35-45-21-16-15-17-22-45)64(90)72-50(31-41(2)3)62(88)74-53(66(92)82-29-18-19-30-82)37-57(84)79(11)44(7)61(87)75-60/h15-17,20-28,33,41-44,50-55,60H,14,18-19,29-32,34-40H2,1-13H3,(H,71,83)(H,72,90)(H,73,89)(H,74,88)(H,75,87)/t43-,44-,50-,51-,52-,53-,54-,55-,60-/m0/s1. The Morgan fingerprint density at radius 1 is 0.500 bits per heavy atom. The van der Waals surface area contributed by atoms with Crippen LogP contribution >= 0.6 is 23.2 Å². The maximum atomic E-state index is 15.2. The highest BCUT2D eigenvalue weighted by atomic mass is 35.5. The molecule has 0 bridgehead atoms. The van der Waals surface area contributed by atoms with Crippen molar-refractivity contribution in [3.05, 3.63) is 106 Å². The van der Waals surface area contributed by atoms with Gasteiger partial charge >= 0.3 is 0 Å². The first kappa shape index (κ1) is 76.6. The number of likely N-dealkylation sites (N-methyl/N-ethyl adjacent to an activating group) is 6. The summed E-state index contributed by atoms with van der Waals surface area (Å²) in [5.41, 5.74) is 1.77. The zero-order chi connectivity index (χ0) is 69.8. The first-order valence-corrected chi connectivity index (χ1v) is 32.9. The van der Waals surface area contributed by atoms with Crippen LogP contribution in [0.1, 0.15) is 104 Å². The van der Waals surface area contributed by atoms with E-state index in [0.717, 1.165) is 24.5 Å². The molecule has 0 unspecified atom stereocenters. The average Bonchev–Trinajstić information content (AvgIpc) is 1.07. The molecule has 3 aromatic carbocycles. The monoisotopic (exact) mass is 1340 g/mol. The van der Waals surface area contributed by atoms with Crippen molar-refractivity contribution in [1.29, 1.82) is 0 Å². The van der Waals surface area contributed by atoms with Gasteiger partial charge in [-0.2, -0.15) is 0 Å². The summed E-state index contributed by atoms with van der Waals surface area (Å²) in [4.78, 5) is 183. The molecule has 0 radical (unpaired) electrons. The van der Waals surface area contributed by atoms with Crippen LogP contribution in [-0.2, 0) is 76.8 Å². The molecular weight excluding hydrogens is 1250 g/mol. The van der Waals surface area contributed by atoms with Gasteiger partial charge in [0, 0.05) is 84.7 Å². The number of hydrogen-bond donors (Lipinski definition) is 5. The van der Waals surface area contributed by atoms with Gasteiger partial charge in [0.2, 0.25) is 70.9 Å². The third-order valence-electron chi connectivity index (χ3n) is 17.4. The number of benzene rings is 3. The largest absolute Gasteiger partial charge is 0.342 e. The molecule has 9 atom stereocenters. The van der Waals surface area contributed by atoms with Gasteiger partial charge in [-0.1, -0.05) is 126 Å². The molecule has 5 N–H and O–H groups in total. The lowest BCUT2D eigenvalue weighted by molar-refractivity contribution is -0.148. The van der Waals surface area contributed by atoms with Gasteiger partial charge in [0.15, 0.2) is 0 Å². The molecule has 0 aliphatic carbocycles. The van der Waals surface area contributed by atoms with Crippen molar-refractivity contribution >= 4 is 94.1 Å². The summed E-state index contributed by atoms with van der Waals surface area (Å²) in [5, 5.41) is 14.8. The summed E-state index contributed by atoms with van der Waals surface area (Å²) in [7, 11) is 8.22. The Kier molecular flexibility index (Phi) is 29.3. The van der Waals surface area contributed by atoms with Crippen LogP contribution in [-0.4, -0.2) is 229 Å². The number of carbonyl (C=O) groups is 12. The number of rotatable bonds is 13. The smallest absolute Gasteiger partial charge is 0.245 e. The maximum absolute atomic E-state index is 15.2. The second kappa shape index (κ2) is 36.0. The quantitative estimate of drug-likeness (QED) is 0.165. The molecule has 2 saturated heterocycles. The van der Waals surface area contributed by atoms with Crippen LogP contribution in [0.5, 0.6) is 0 Å². The normalized spacial score (nSPS) is 23.9. The lowest BCUT2D eigenvalue weighted by Crippen LogP contribution is -2.61. The van der Waals surface area contributed by atoms with Crippen molar-refractivity contribution < 1.29 is 57.5 Å². The summed E-state index contributed by atoms with van der Waals surface area (Å²) in [6.45, 7) is 11.3. The van der Waals surface area contributed by atoms with Gasteiger partial charge < -0.3 is 60.9 Å². The van der Waals surface area contributed by atoms with Crippen LogP contribution in [0.3, 0.4) is 0 Å². The van der Waals surface area contributed by atoms with Crippen molar-refractivity contribution in [2.45, 2.75) is 155 Å². The van der Waals surface area contributed by atoms with Crippen molar-refractivity contribution in [2.75, 3.05) is 75.0 Å². The van der Waals surface area contributed by atoms with Crippen LogP contribution in [0.25, 0.3) is 0 Å². The number of amides is 12. The molecule has 0 aromatic heterocycles. The number of nitrogens with zero attached hydrogens (tertiary/aromatic N) is 7. The van der Waals surface area contributed by atoms with Gasteiger partial charge in [-0.25, -0.2) is 0 Å². The van der Waals surface area contributed by atoms with Crippen molar-refractivity contribution in [1.82, 2.24) is 60.9 Å². The van der Waals surface area contributed by atoms with Gasteiger partial charge in [-0.15, -0.1) is 0 Å². The molecule has 94 heavy (non-hydrogen) atoms. The Bertz CT molecular complexity index is 3170. The summed E-state index contributed by atoms with van der Waals surface area (Å²) < 4.78 is 0. The van der Waals surface area contributed by atoms with Crippen molar-refractivity contribution in [2.24, 2.45) is 17.8 Å². The van der Waals surface area contributed by atoms with Gasteiger partial charge in [-0.3, -0.25) is 57.5 Å². The number of likely N-dealkylation sites (tertiary alicyclic amines) is 1. The molecule has 2 fully saturated rings. The van der Waals surface area contributed by atoms with E-state index in [1.165, 1.54) is 59.0 Å². The van der Waals surface area contributed by atoms with E-state index in [0.29, 0.717) is 59.1 Å². The van der Waals surface area contributed by atoms with Crippen molar-refractivity contribution in [3.63, 3.8) is 0 Å². The summed E-state index contributed by atoms with van der Waals surface area (Å²) in [6.07, 6.45) is 1.02. The minimum absolute atomic E-state index is 0.0511. The predicted molar refractivity (Wildman–Crippen MR) is 357 cm³/mol. The number of hydrogen-bond acceptors (Lipinski definition) is 12. The van der Waals surface area contributed by atoms with E-state index >= 15 is 9.59 Å². The Morgan fingerprint density at radius 2 is 1.05 bits per heavy atom. The first-order chi connectivity index (χ1) is 44.3. The van der Waals surface area contributed by atoms with E-state index in [-0.39, 0.29) is 43.9 Å². The Morgan fingerprint density at radius 3 is 1.66 bits per heavy atom. The van der Waals surface area contributed by atoms with E-state index in [1.807, 2.05) is 34.6 Å². The molecule has 0 saturated carbocycles. The number of nitrogens with one attached hydrogen (secondary N) is 5. The van der Waals surface area contributed by atoms with Crippen LogP contribution in [0.15, 0.2) is 78.9 Å². The molecule has 2 aliphatic heterocycles. The summed E-state index contributed by atoms with van der Waals surface area (Å²) in [5.74, 6) is -9.44. The predicted octanol–water partition coefficient (Wildman–Crippen LogP) is 3.49. The fourth-order valence-electron chi connectivity index (χ4n) is 11.2. The van der Waals surface area contributed by atoms with Gasteiger partial charge in [-0.05, 0) is 91.3 Å². The maximum Gasteiger partial charge on any atom is 0.245 e. The summed E-state index contributed by atoms with van der Waals surface area (Å²) >= 11 is 12.6. The van der Waals surface area contributed by atoms with Crippen LogP contribution in [0.2, 0.25) is 10.0 Å². The Labute approximate surface area is 562 Å².